The molecular formula is C25H24Cl3N3O. The van der Waals surface area contributed by atoms with Crippen LogP contribution >= 0.6 is 34.8 Å². The maximum absolute atomic E-state index is 13.4. The normalized spacial score (nSPS) is 26.7. The molecular weight excluding hydrogens is 465 g/mol. The summed E-state index contributed by atoms with van der Waals surface area (Å²) < 4.78 is 0. The van der Waals surface area contributed by atoms with Crippen LogP contribution in [0.1, 0.15) is 50.1 Å². The number of allylic oxidation sites excluding steroid dienone is 1. The van der Waals surface area contributed by atoms with Crippen molar-refractivity contribution < 1.29 is 4.79 Å². The van der Waals surface area contributed by atoms with Gasteiger partial charge in [0.25, 0.3) is 5.91 Å². The van der Waals surface area contributed by atoms with Crippen LogP contribution in [0.3, 0.4) is 0 Å². The van der Waals surface area contributed by atoms with Crippen molar-refractivity contribution in [2.24, 2.45) is 11.0 Å². The zero-order valence-electron chi connectivity index (χ0n) is 17.5. The van der Waals surface area contributed by atoms with Crippen molar-refractivity contribution in [1.29, 1.82) is 0 Å². The lowest BCUT2D eigenvalue weighted by Gasteiger charge is -2.43. The van der Waals surface area contributed by atoms with E-state index in [-0.39, 0.29) is 17.5 Å². The Hall–Kier alpha value is -2.01. The Balaban J connectivity index is 1.45. The van der Waals surface area contributed by atoms with E-state index in [9.17, 15) is 4.79 Å². The lowest BCUT2D eigenvalue weighted by atomic mass is 9.70. The number of hydrogen-bond acceptors (Lipinski definition) is 3. The molecule has 3 atom stereocenters. The molecule has 1 aliphatic heterocycles. The number of hydrazone groups is 1. The van der Waals surface area contributed by atoms with Crippen molar-refractivity contribution in [3.63, 3.8) is 0 Å². The maximum atomic E-state index is 13.4. The summed E-state index contributed by atoms with van der Waals surface area (Å²) in [7, 11) is 0. The van der Waals surface area contributed by atoms with E-state index in [4.69, 9.17) is 39.9 Å². The molecule has 0 saturated heterocycles. The maximum Gasteiger partial charge on any atom is 0.268 e. The van der Waals surface area contributed by atoms with Gasteiger partial charge in [-0.25, -0.2) is 0 Å². The van der Waals surface area contributed by atoms with Gasteiger partial charge in [-0.2, -0.15) is 5.10 Å². The average molecular weight is 489 g/mol. The van der Waals surface area contributed by atoms with Crippen molar-refractivity contribution in [1.82, 2.24) is 5.32 Å². The van der Waals surface area contributed by atoms with Gasteiger partial charge in [0.1, 0.15) is 5.71 Å². The van der Waals surface area contributed by atoms with Crippen molar-refractivity contribution in [3.8, 4) is 0 Å². The molecule has 0 spiro atoms. The summed E-state index contributed by atoms with van der Waals surface area (Å²) >= 11 is 18.7. The molecule has 1 saturated carbocycles. The fourth-order valence-corrected chi connectivity index (χ4v) is 5.82. The number of benzene rings is 2. The molecule has 1 fully saturated rings. The predicted octanol–water partition coefficient (Wildman–Crippen LogP) is 6.96. The van der Waals surface area contributed by atoms with E-state index in [0.29, 0.717) is 33.1 Å². The molecule has 2 aromatic carbocycles. The first-order valence-corrected chi connectivity index (χ1v) is 12.1. The predicted molar refractivity (Wildman–Crippen MR) is 132 cm³/mol. The minimum absolute atomic E-state index is 0.0903. The topological polar surface area (TPSA) is 44.7 Å². The zero-order chi connectivity index (χ0) is 22.3. The standard InChI is InChI=1S/C25H24Cl3N3O/c26-18-7-5-17(6-8-18)23-14-21(30-31(23)22-10-9-19(27)13-20(22)28)24(32)29-25-11-1-3-16(15-25)4-2-12-25/h1,3,5-10,13,16,23H,2,4,11-12,14-15H2,(H,29,32)/t16?,23-,25?/m1/s1. The first-order valence-electron chi connectivity index (χ1n) is 11.0. The molecule has 2 aromatic rings. The summed E-state index contributed by atoms with van der Waals surface area (Å²) in [6.07, 6.45) is 10.3. The average Bonchev–Trinajstić information content (AvgIpc) is 3.19. The molecule has 1 heterocycles. The Morgan fingerprint density at radius 2 is 1.88 bits per heavy atom. The Labute approximate surface area is 203 Å². The lowest BCUT2D eigenvalue weighted by Crippen LogP contribution is -2.53. The van der Waals surface area contributed by atoms with Crippen LogP contribution in [0.15, 0.2) is 59.7 Å². The fraction of sp³-hybridized carbons (Fsp3) is 0.360. The largest absolute Gasteiger partial charge is 0.345 e. The van der Waals surface area contributed by atoms with Crippen LogP contribution in [0.2, 0.25) is 15.1 Å². The van der Waals surface area contributed by atoms with Gasteiger partial charge in [0.2, 0.25) is 0 Å². The number of nitrogens with one attached hydrogen (secondary N) is 1. The molecule has 2 aliphatic carbocycles. The number of halogens is 3. The summed E-state index contributed by atoms with van der Waals surface area (Å²) in [5.41, 5.74) is 2.10. The monoisotopic (exact) mass is 487 g/mol. The number of amides is 1. The van der Waals surface area contributed by atoms with Gasteiger partial charge >= 0.3 is 0 Å². The second-order valence-corrected chi connectivity index (χ2v) is 10.3. The Kier molecular flexibility index (Phi) is 5.96. The summed E-state index contributed by atoms with van der Waals surface area (Å²) in [5.74, 6) is 0.474. The number of hydrogen-bond donors (Lipinski definition) is 1. The van der Waals surface area contributed by atoms with Crippen molar-refractivity contribution in [2.75, 3.05) is 5.01 Å². The molecule has 2 bridgehead atoms. The van der Waals surface area contributed by atoms with E-state index >= 15 is 0 Å². The van der Waals surface area contributed by atoms with Gasteiger partial charge in [-0.15, -0.1) is 0 Å². The number of fused-ring (bicyclic) bond motifs is 2. The highest BCUT2D eigenvalue weighted by Crippen LogP contribution is 2.42. The van der Waals surface area contributed by atoms with Crippen LogP contribution < -0.4 is 10.3 Å². The Bertz CT molecular complexity index is 1100. The highest BCUT2D eigenvalue weighted by molar-refractivity contribution is 6.40. The summed E-state index contributed by atoms with van der Waals surface area (Å²) in [6.45, 7) is 0. The SMILES string of the molecule is O=C(NC12CC=CC(CCC1)C2)C1=NN(c2ccc(Cl)cc2Cl)[C@@H](c2ccc(Cl)cc2)C1. The minimum atomic E-state index is -0.158. The van der Waals surface area contributed by atoms with Crippen LogP contribution in [0.5, 0.6) is 0 Å². The second kappa shape index (κ2) is 8.74. The summed E-state index contributed by atoms with van der Waals surface area (Å²) in [4.78, 5) is 13.4. The van der Waals surface area contributed by atoms with Gasteiger partial charge in [-0.3, -0.25) is 9.80 Å². The van der Waals surface area contributed by atoms with Gasteiger partial charge in [0.05, 0.1) is 16.8 Å². The third-order valence-corrected chi connectivity index (χ3v) is 7.55. The summed E-state index contributed by atoms with van der Waals surface area (Å²) in [6, 6.07) is 12.8. The van der Waals surface area contributed by atoms with E-state index in [1.807, 2.05) is 35.3 Å². The van der Waals surface area contributed by atoms with E-state index in [0.717, 1.165) is 36.9 Å². The zero-order valence-corrected chi connectivity index (χ0v) is 19.8. The second-order valence-electron chi connectivity index (χ2n) is 8.98. The third-order valence-electron chi connectivity index (χ3n) is 6.76. The van der Waals surface area contributed by atoms with E-state index in [1.165, 1.54) is 6.42 Å². The van der Waals surface area contributed by atoms with Crippen molar-refractivity contribution in [3.05, 3.63) is 75.2 Å². The highest BCUT2D eigenvalue weighted by Gasteiger charge is 2.41. The number of carbonyl (C=O) groups is 1. The Morgan fingerprint density at radius 1 is 1.09 bits per heavy atom. The first kappa shape index (κ1) is 21.8. The van der Waals surface area contributed by atoms with Gasteiger partial charge in [0, 0.05) is 22.0 Å². The van der Waals surface area contributed by atoms with E-state index in [1.54, 1.807) is 12.1 Å². The molecule has 7 heteroatoms. The number of rotatable bonds is 4. The van der Waals surface area contributed by atoms with Crippen LogP contribution in [0.25, 0.3) is 0 Å². The van der Waals surface area contributed by atoms with Crippen LogP contribution in [-0.4, -0.2) is 17.2 Å². The fourth-order valence-electron chi connectivity index (χ4n) is 5.20. The molecule has 3 aliphatic rings. The summed E-state index contributed by atoms with van der Waals surface area (Å²) in [5, 5.41) is 11.7. The number of nitrogens with zero attached hydrogens (tertiary/aromatic N) is 2. The molecule has 1 amide bonds. The van der Waals surface area contributed by atoms with Gasteiger partial charge in [-0.1, -0.05) is 65.5 Å². The van der Waals surface area contributed by atoms with E-state index < -0.39 is 0 Å². The third kappa shape index (κ3) is 4.28. The van der Waals surface area contributed by atoms with Crippen LogP contribution in [0, 0.1) is 5.92 Å². The molecule has 5 rings (SSSR count). The quantitative estimate of drug-likeness (QED) is 0.473. The number of anilines is 1. The van der Waals surface area contributed by atoms with Crippen LogP contribution in [-0.2, 0) is 4.79 Å². The molecule has 0 aromatic heterocycles. The van der Waals surface area contributed by atoms with Crippen LogP contribution in [0.4, 0.5) is 5.69 Å². The van der Waals surface area contributed by atoms with Gasteiger partial charge < -0.3 is 5.32 Å². The first-order chi connectivity index (χ1) is 15.4. The number of carbonyl (C=O) groups excluding carboxylic acids is 1. The van der Waals surface area contributed by atoms with Crippen molar-refractivity contribution >= 4 is 52.1 Å². The van der Waals surface area contributed by atoms with Crippen molar-refractivity contribution in [2.45, 2.75) is 50.1 Å². The Morgan fingerprint density at radius 3 is 2.66 bits per heavy atom. The lowest BCUT2D eigenvalue weighted by molar-refractivity contribution is -0.117. The minimum Gasteiger partial charge on any atom is -0.345 e. The molecule has 1 N–H and O–H groups in total. The highest BCUT2D eigenvalue weighted by atomic mass is 35.5. The molecule has 166 valence electrons. The molecule has 2 unspecified atom stereocenters. The molecule has 4 nitrogen and oxygen atoms in total. The molecule has 32 heavy (non-hydrogen) atoms. The van der Waals surface area contributed by atoms with Gasteiger partial charge in [0.15, 0.2) is 0 Å². The molecule has 0 radical (unpaired) electrons. The van der Waals surface area contributed by atoms with E-state index in [2.05, 4.69) is 17.5 Å². The smallest absolute Gasteiger partial charge is 0.268 e. The van der Waals surface area contributed by atoms with Gasteiger partial charge in [-0.05, 0) is 67.5 Å².